The van der Waals surface area contributed by atoms with Crippen LogP contribution >= 0.6 is 11.8 Å². The van der Waals surface area contributed by atoms with Crippen molar-refractivity contribution in [3.05, 3.63) is 64.5 Å². The summed E-state index contributed by atoms with van der Waals surface area (Å²) in [6, 6.07) is 15.7. The van der Waals surface area contributed by atoms with Gasteiger partial charge in [0.05, 0.1) is 12.8 Å². The average molecular weight is 353 g/mol. The van der Waals surface area contributed by atoms with E-state index in [4.69, 9.17) is 9.15 Å². The molecule has 0 unspecified atom stereocenters. The van der Waals surface area contributed by atoms with Crippen LogP contribution in [0.2, 0.25) is 0 Å². The summed E-state index contributed by atoms with van der Waals surface area (Å²) < 4.78 is 10.6. The van der Waals surface area contributed by atoms with E-state index >= 15 is 0 Å². The normalized spacial score (nSPS) is 14.2. The highest BCUT2D eigenvalue weighted by molar-refractivity contribution is 7.99. The molecule has 2 heterocycles. The Morgan fingerprint density at radius 1 is 1.20 bits per heavy atom. The summed E-state index contributed by atoms with van der Waals surface area (Å²) in [4.78, 5) is 15.7. The van der Waals surface area contributed by atoms with E-state index in [2.05, 4.69) is 29.2 Å². The van der Waals surface area contributed by atoms with E-state index in [-0.39, 0.29) is 5.63 Å². The summed E-state index contributed by atoms with van der Waals surface area (Å²) >= 11 is 1.90. The number of fused-ring (bicyclic) bond motifs is 2. The number of hydrogen-bond donors (Lipinski definition) is 0. The lowest BCUT2D eigenvalue weighted by molar-refractivity contribution is 0.414. The van der Waals surface area contributed by atoms with E-state index < -0.39 is 0 Å². The molecule has 0 aliphatic carbocycles. The Kier molecular flexibility index (Phi) is 4.40. The third-order valence-electron chi connectivity index (χ3n) is 4.43. The van der Waals surface area contributed by atoms with Crippen molar-refractivity contribution in [3.63, 3.8) is 0 Å². The number of nitrogens with zero attached hydrogens (tertiary/aromatic N) is 1. The quantitative estimate of drug-likeness (QED) is 0.657. The first-order chi connectivity index (χ1) is 12.2. The number of methoxy groups -OCH3 is 1. The summed E-state index contributed by atoms with van der Waals surface area (Å²) in [5, 5.41) is 0.954. The predicted octanol–water partition coefficient (Wildman–Crippen LogP) is 4.30. The molecule has 1 aliphatic heterocycles. The largest absolute Gasteiger partial charge is 0.497 e. The van der Waals surface area contributed by atoms with E-state index in [1.807, 2.05) is 23.9 Å². The molecule has 2 aromatic carbocycles. The van der Waals surface area contributed by atoms with Crippen molar-refractivity contribution in [3.8, 4) is 5.75 Å². The van der Waals surface area contributed by atoms with E-state index in [1.54, 1.807) is 19.2 Å². The lowest BCUT2D eigenvalue weighted by Gasteiger charge is -2.25. The molecule has 1 aliphatic rings. The fourth-order valence-electron chi connectivity index (χ4n) is 3.24. The van der Waals surface area contributed by atoms with Crippen molar-refractivity contribution in [1.29, 1.82) is 0 Å². The van der Waals surface area contributed by atoms with Crippen LogP contribution in [0, 0.1) is 0 Å². The van der Waals surface area contributed by atoms with Crippen LogP contribution in [0.3, 0.4) is 0 Å². The Morgan fingerprint density at radius 3 is 2.96 bits per heavy atom. The van der Waals surface area contributed by atoms with Crippen LogP contribution in [-0.4, -0.2) is 19.4 Å². The van der Waals surface area contributed by atoms with Crippen LogP contribution in [-0.2, 0) is 6.54 Å². The highest BCUT2D eigenvalue weighted by Gasteiger charge is 2.17. The standard InChI is InChI=1S/C20H19NO3S/c1-23-15-7-8-16-14(11-20(22)24-18(16)12-15)13-21-9-4-10-25-19-6-3-2-5-17(19)21/h2-3,5-8,11-12H,4,9-10,13H2,1H3. The number of ether oxygens (including phenoxy) is 1. The third-order valence-corrected chi connectivity index (χ3v) is 5.58. The zero-order valence-electron chi connectivity index (χ0n) is 14.0. The minimum Gasteiger partial charge on any atom is -0.497 e. The molecule has 128 valence electrons. The average Bonchev–Trinajstić information content (AvgIpc) is 2.83. The van der Waals surface area contributed by atoms with Crippen molar-refractivity contribution in [2.24, 2.45) is 0 Å². The molecular formula is C20H19NO3S. The molecule has 0 spiro atoms. The van der Waals surface area contributed by atoms with Gasteiger partial charge in [-0.3, -0.25) is 0 Å². The molecule has 3 aromatic rings. The third kappa shape index (κ3) is 3.24. The van der Waals surface area contributed by atoms with Gasteiger partial charge < -0.3 is 14.1 Å². The first-order valence-corrected chi connectivity index (χ1v) is 9.31. The minimum absolute atomic E-state index is 0.326. The number of thioether (sulfide) groups is 1. The second-order valence-corrected chi connectivity index (χ2v) is 7.18. The second-order valence-electron chi connectivity index (χ2n) is 6.04. The molecule has 0 fully saturated rings. The monoisotopic (exact) mass is 353 g/mol. The lowest BCUT2D eigenvalue weighted by Crippen LogP contribution is -2.24. The first-order valence-electron chi connectivity index (χ1n) is 8.32. The molecular weight excluding hydrogens is 334 g/mol. The number of rotatable bonds is 3. The first kappa shape index (κ1) is 16.1. The van der Waals surface area contributed by atoms with Crippen LogP contribution in [0.5, 0.6) is 5.75 Å². The van der Waals surface area contributed by atoms with Gasteiger partial charge in [0.1, 0.15) is 11.3 Å². The molecule has 0 saturated heterocycles. The van der Waals surface area contributed by atoms with Gasteiger partial charge in [-0.25, -0.2) is 4.79 Å². The zero-order valence-corrected chi connectivity index (χ0v) is 14.8. The summed E-state index contributed by atoms with van der Waals surface area (Å²) in [5.41, 5.74) is 2.46. The Balaban J connectivity index is 1.77. The van der Waals surface area contributed by atoms with Crippen LogP contribution in [0.25, 0.3) is 11.0 Å². The molecule has 0 saturated carbocycles. The minimum atomic E-state index is -0.326. The van der Waals surface area contributed by atoms with E-state index in [0.717, 1.165) is 29.7 Å². The maximum Gasteiger partial charge on any atom is 0.336 e. The van der Waals surface area contributed by atoms with Gasteiger partial charge >= 0.3 is 5.63 Å². The van der Waals surface area contributed by atoms with Gasteiger partial charge in [-0.05, 0) is 42.0 Å². The van der Waals surface area contributed by atoms with Gasteiger partial charge in [0, 0.05) is 35.5 Å². The molecule has 0 amide bonds. The molecule has 4 rings (SSSR count). The maximum atomic E-state index is 12.0. The number of benzene rings is 2. The Bertz CT molecular complexity index is 967. The van der Waals surface area contributed by atoms with Gasteiger partial charge in [0.2, 0.25) is 0 Å². The van der Waals surface area contributed by atoms with Gasteiger partial charge in [-0.2, -0.15) is 0 Å². The second kappa shape index (κ2) is 6.84. The molecule has 4 nitrogen and oxygen atoms in total. The van der Waals surface area contributed by atoms with Crippen molar-refractivity contribution in [2.45, 2.75) is 17.9 Å². The number of anilines is 1. The topological polar surface area (TPSA) is 42.7 Å². The molecule has 0 N–H and O–H groups in total. The summed E-state index contributed by atoms with van der Waals surface area (Å²) in [6.45, 7) is 1.66. The van der Waals surface area contributed by atoms with Crippen molar-refractivity contribution >= 4 is 28.4 Å². The molecule has 0 radical (unpaired) electrons. The summed E-state index contributed by atoms with van der Waals surface area (Å²) in [7, 11) is 1.61. The summed E-state index contributed by atoms with van der Waals surface area (Å²) in [6.07, 6.45) is 1.12. The fraction of sp³-hybridized carbons (Fsp3) is 0.250. The molecule has 25 heavy (non-hydrogen) atoms. The van der Waals surface area contributed by atoms with Crippen LogP contribution < -0.4 is 15.3 Å². The van der Waals surface area contributed by atoms with Crippen LogP contribution in [0.1, 0.15) is 12.0 Å². The van der Waals surface area contributed by atoms with Crippen LogP contribution in [0.4, 0.5) is 5.69 Å². The zero-order chi connectivity index (χ0) is 17.2. The van der Waals surface area contributed by atoms with Gasteiger partial charge in [0.25, 0.3) is 0 Å². The van der Waals surface area contributed by atoms with Gasteiger partial charge in [-0.1, -0.05) is 12.1 Å². The number of hydrogen-bond acceptors (Lipinski definition) is 5. The van der Waals surface area contributed by atoms with Crippen molar-refractivity contribution in [1.82, 2.24) is 0 Å². The number of para-hydroxylation sites is 1. The fourth-order valence-corrected chi connectivity index (χ4v) is 4.25. The van der Waals surface area contributed by atoms with Crippen LogP contribution in [0.15, 0.2) is 62.6 Å². The summed E-state index contributed by atoms with van der Waals surface area (Å²) in [5.74, 6) is 1.80. The maximum absolute atomic E-state index is 12.0. The SMILES string of the molecule is COc1ccc2c(CN3CCCSc4ccccc43)cc(=O)oc2c1. The van der Waals surface area contributed by atoms with Gasteiger partial charge in [-0.15, -0.1) is 11.8 Å². The van der Waals surface area contributed by atoms with Crippen molar-refractivity contribution in [2.75, 3.05) is 24.3 Å². The molecule has 0 bridgehead atoms. The van der Waals surface area contributed by atoms with E-state index in [0.29, 0.717) is 17.9 Å². The molecule has 0 atom stereocenters. The highest BCUT2D eigenvalue weighted by Crippen LogP contribution is 2.35. The Morgan fingerprint density at radius 2 is 2.08 bits per heavy atom. The molecule has 5 heteroatoms. The van der Waals surface area contributed by atoms with Crippen molar-refractivity contribution < 1.29 is 9.15 Å². The smallest absolute Gasteiger partial charge is 0.336 e. The van der Waals surface area contributed by atoms with E-state index in [9.17, 15) is 4.79 Å². The predicted molar refractivity (Wildman–Crippen MR) is 102 cm³/mol. The highest BCUT2D eigenvalue weighted by atomic mass is 32.2. The Labute approximate surface area is 150 Å². The lowest BCUT2D eigenvalue weighted by atomic mass is 10.1. The van der Waals surface area contributed by atoms with Gasteiger partial charge in [0.15, 0.2) is 0 Å². The Hall–Kier alpha value is -2.40. The molecule has 1 aromatic heterocycles. The van der Waals surface area contributed by atoms with E-state index in [1.165, 1.54) is 10.6 Å².